The molecule has 1 fully saturated rings. The van der Waals surface area contributed by atoms with Crippen molar-refractivity contribution in [2.45, 2.75) is 25.2 Å². The van der Waals surface area contributed by atoms with Crippen molar-refractivity contribution in [3.8, 4) is 0 Å². The SMILES string of the molecule is O=C(O)C(F)(F)F.O=C(OCc1ccccc1)N1CCNCC1c1cccc2c1CCN2. The van der Waals surface area contributed by atoms with Gasteiger partial charge in [0.05, 0.1) is 6.04 Å². The molecule has 0 spiro atoms. The molecule has 172 valence electrons. The Balaban J connectivity index is 0.000000360. The topological polar surface area (TPSA) is 90.9 Å². The minimum atomic E-state index is -5.08. The van der Waals surface area contributed by atoms with Crippen LogP contribution in [0.3, 0.4) is 0 Å². The molecule has 2 aromatic carbocycles. The average Bonchev–Trinajstić information content (AvgIpc) is 3.27. The molecule has 1 atom stereocenters. The van der Waals surface area contributed by atoms with Gasteiger partial charge in [0.1, 0.15) is 6.61 Å². The van der Waals surface area contributed by atoms with Gasteiger partial charge in [0.15, 0.2) is 0 Å². The molecule has 2 aromatic rings. The predicted molar refractivity (Wildman–Crippen MR) is 111 cm³/mol. The van der Waals surface area contributed by atoms with Gasteiger partial charge in [-0.15, -0.1) is 0 Å². The Morgan fingerprint density at radius 1 is 1.09 bits per heavy atom. The molecular formula is C22H24F3N3O4. The molecule has 1 unspecified atom stereocenters. The van der Waals surface area contributed by atoms with Gasteiger partial charge in [0.25, 0.3) is 0 Å². The van der Waals surface area contributed by atoms with E-state index < -0.39 is 12.1 Å². The van der Waals surface area contributed by atoms with Gasteiger partial charge in [-0.2, -0.15) is 13.2 Å². The number of fused-ring (bicyclic) bond motifs is 1. The fourth-order valence-corrected chi connectivity index (χ4v) is 3.69. The van der Waals surface area contributed by atoms with E-state index in [0.29, 0.717) is 13.2 Å². The van der Waals surface area contributed by atoms with Crippen molar-refractivity contribution in [1.82, 2.24) is 10.2 Å². The van der Waals surface area contributed by atoms with Crippen LogP contribution in [0.4, 0.5) is 23.7 Å². The summed E-state index contributed by atoms with van der Waals surface area (Å²) in [5.74, 6) is -2.76. The van der Waals surface area contributed by atoms with Crippen LogP contribution in [0.2, 0.25) is 0 Å². The molecule has 1 amide bonds. The highest BCUT2D eigenvalue weighted by atomic mass is 19.4. The van der Waals surface area contributed by atoms with Crippen LogP contribution < -0.4 is 10.6 Å². The van der Waals surface area contributed by atoms with Crippen LogP contribution in [0.15, 0.2) is 48.5 Å². The number of anilines is 1. The quantitative estimate of drug-likeness (QED) is 0.661. The predicted octanol–water partition coefficient (Wildman–Crippen LogP) is 3.57. The van der Waals surface area contributed by atoms with Crippen molar-refractivity contribution in [3.63, 3.8) is 0 Å². The Hall–Kier alpha value is -3.27. The van der Waals surface area contributed by atoms with Crippen molar-refractivity contribution in [2.75, 3.05) is 31.5 Å². The summed E-state index contributed by atoms with van der Waals surface area (Å²) in [6.45, 7) is 3.49. The van der Waals surface area contributed by atoms with E-state index in [4.69, 9.17) is 14.6 Å². The first-order valence-electron chi connectivity index (χ1n) is 10.1. The Morgan fingerprint density at radius 2 is 1.81 bits per heavy atom. The number of benzene rings is 2. The molecule has 2 aliphatic rings. The van der Waals surface area contributed by atoms with E-state index in [1.165, 1.54) is 16.8 Å². The molecule has 10 heteroatoms. The lowest BCUT2D eigenvalue weighted by atomic mass is 9.96. The second-order valence-corrected chi connectivity index (χ2v) is 7.31. The maximum Gasteiger partial charge on any atom is 0.490 e. The van der Waals surface area contributed by atoms with Gasteiger partial charge >= 0.3 is 18.2 Å². The average molecular weight is 451 g/mol. The van der Waals surface area contributed by atoms with E-state index in [-0.39, 0.29) is 12.1 Å². The lowest BCUT2D eigenvalue weighted by Crippen LogP contribution is -2.49. The second-order valence-electron chi connectivity index (χ2n) is 7.31. The van der Waals surface area contributed by atoms with Crippen molar-refractivity contribution < 1.29 is 32.6 Å². The standard InChI is InChI=1S/C20H23N3O2.C2HF3O2/c24-20(25-14-15-5-2-1-3-6-15)23-12-11-21-13-19(23)17-7-4-8-18-16(17)9-10-22-18;3-2(4,5)1(6)7/h1-8,19,21-22H,9-14H2;(H,6,7). The summed E-state index contributed by atoms with van der Waals surface area (Å²) in [6.07, 6.45) is -4.31. The molecule has 0 bridgehead atoms. The van der Waals surface area contributed by atoms with Gasteiger partial charge in [-0.05, 0) is 29.2 Å². The normalized spacial score (nSPS) is 17.5. The second kappa shape index (κ2) is 10.4. The van der Waals surface area contributed by atoms with E-state index in [9.17, 15) is 18.0 Å². The van der Waals surface area contributed by atoms with Crippen LogP contribution in [0, 0.1) is 0 Å². The molecule has 0 radical (unpaired) electrons. The Labute approximate surface area is 183 Å². The first-order chi connectivity index (χ1) is 15.3. The van der Waals surface area contributed by atoms with Crippen LogP contribution in [0.1, 0.15) is 22.7 Å². The molecule has 4 rings (SSSR count). The molecule has 3 N–H and O–H groups in total. The fourth-order valence-electron chi connectivity index (χ4n) is 3.69. The molecule has 1 saturated heterocycles. The number of aliphatic carboxylic acids is 1. The summed E-state index contributed by atoms with van der Waals surface area (Å²) in [5.41, 5.74) is 4.76. The molecule has 2 aliphatic heterocycles. The Morgan fingerprint density at radius 3 is 2.50 bits per heavy atom. The molecule has 0 aliphatic carbocycles. The Bertz CT molecular complexity index is 938. The third kappa shape index (κ3) is 5.91. The molecule has 2 heterocycles. The number of amides is 1. The van der Waals surface area contributed by atoms with Crippen LogP contribution in [0.5, 0.6) is 0 Å². The number of carboxylic acid groups (broad SMARTS) is 1. The first-order valence-corrected chi connectivity index (χ1v) is 10.1. The number of halogens is 3. The van der Waals surface area contributed by atoms with Gasteiger partial charge < -0.3 is 20.5 Å². The number of carbonyl (C=O) groups excluding carboxylic acids is 1. The summed E-state index contributed by atoms with van der Waals surface area (Å²) in [5, 5.41) is 14.0. The fraction of sp³-hybridized carbons (Fsp3) is 0.364. The van der Waals surface area contributed by atoms with E-state index in [1.54, 1.807) is 0 Å². The minimum Gasteiger partial charge on any atom is -0.475 e. The monoisotopic (exact) mass is 451 g/mol. The van der Waals surface area contributed by atoms with Crippen LogP contribution in [-0.2, 0) is 22.6 Å². The number of ether oxygens (including phenoxy) is 1. The zero-order valence-electron chi connectivity index (χ0n) is 17.2. The van der Waals surface area contributed by atoms with Gasteiger partial charge in [-0.1, -0.05) is 42.5 Å². The summed E-state index contributed by atoms with van der Waals surface area (Å²) in [6, 6.07) is 16.1. The maximum absolute atomic E-state index is 12.7. The van der Waals surface area contributed by atoms with Gasteiger partial charge in [0, 0.05) is 31.9 Å². The van der Waals surface area contributed by atoms with E-state index in [2.05, 4.69) is 28.8 Å². The highest BCUT2D eigenvalue weighted by molar-refractivity contribution is 5.73. The van der Waals surface area contributed by atoms with Crippen LogP contribution in [0.25, 0.3) is 0 Å². The van der Waals surface area contributed by atoms with Crippen molar-refractivity contribution in [3.05, 3.63) is 65.2 Å². The summed E-state index contributed by atoms with van der Waals surface area (Å²) < 4.78 is 37.3. The lowest BCUT2D eigenvalue weighted by Gasteiger charge is -2.36. The summed E-state index contributed by atoms with van der Waals surface area (Å²) in [4.78, 5) is 23.5. The van der Waals surface area contributed by atoms with E-state index in [0.717, 1.165) is 31.6 Å². The summed E-state index contributed by atoms with van der Waals surface area (Å²) >= 11 is 0. The summed E-state index contributed by atoms with van der Waals surface area (Å²) in [7, 11) is 0. The highest BCUT2D eigenvalue weighted by Crippen LogP contribution is 2.33. The minimum absolute atomic E-state index is 0.0203. The van der Waals surface area contributed by atoms with Crippen LogP contribution in [-0.4, -0.2) is 54.4 Å². The molecular weight excluding hydrogens is 427 g/mol. The number of carbonyl (C=O) groups is 2. The largest absolute Gasteiger partial charge is 0.490 e. The van der Waals surface area contributed by atoms with Crippen molar-refractivity contribution in [1.29, 1.82) is 0 Å². The van der Waals surface area contributed by atoms with E-state index in [1.807, 2.05) is 35.2 Å². The zero-order chi connectivity index (χ0) is 23.1. The number of carboxylic acids is 1. The molecule has 0 aromatic heterocycles. The number of nitrogens with one attached hydrogen (secondary N) is 2. The number of rotatable bonds is 3. The van der Waals surface area contributed by atoms with Crippen molar-refractivity contribution in [2.24, 2.45) is 0 Å². The van der Waals surface area contributed by atoms with Crippen LogP contribution >= 0.6 is 0 Å². The van der Waals surface area contributed by atoms with Gasteiger partial charge in [0.2, 0.25) is 0 Å². The number of hydrogen-bond acceptors (Lipinski definition) is 5. The molecule has 7 nitrogen and oxygen atoms in total. The first kappa shape index (κ1) is 23.4. The van der Waals surface area contributed by atoms with E-state index >= 15 is 0 Å². The zero-order valence-corrected chi connectivity index (χ0v) is 17.2. The number of hydrogen-bond donors (Lipinski definition) is 3. The third-order valence-corrected chi connectivity index (χ3v) is 5.19. The molecule has 32 heavy (non-hydrogen) atoms. The number of alkyl halides is 3. The highest BCUT2D eigenvalue weighted by Gasteiger charge is 2.38. The van der Waals surface area contributed by atoms with Gasteiger partial charge in [-0.25, -0.2) is 9.59 Å². The third-order valence-electron chi connectivity index (χ3n) is 5.19. The number of piperazine rings is 1. The maximum atomic E-state index is 12.7. The van der Waals surface area contributed by atoms with Gasteiger partial charge in [-0.3, -0.25) is 4.90 Å². The number of nitrogens with zero attached hydrogens (tertiary/aromatic N) is 1. The smallest absolute Gasteiger partial charge is 0.475 e. The van der Waals surface area contributed by atoms with Crippen molar-refractivity contribution >= 4 is 17.7 Å². The molecule has 0 saturated carbocycles. The lowest BCUT2D eigenvalue weighted by molar-refractivity contribution is -0.192. The Kier molecular flexibility index (Phi) is 7.57.